The molecule has 0 radical (unpaired) electrons. The standard InChI is InChI=1S/C27H42O4/c1-6-25(4,5)22-18-8-19(21(22)15(2)3)20(9-18)23(28)31-27-12-16-7-17(13-27)11-26(10-16,14-27)24(29)30/h15-22H,6-14H2,1-5H3,(H,29,30). The first-order chi connectivity index (χ1) is 14.5. The van der Waals surface area contributed by atoms with Crippen LogP contribution in [0, 0.1) is 58.2 Å². The average Bonchev–Trinajstić information content (AvgIpc) is 3.25. The summed E-state index contributed by atoms with van der Waals surface area (Å²) in [6, 6.07) is 0. The van der Waals surface area contributed by atoms with E-state index in [1.54, 1.807) is 0 Å². The van der Waals surface area contributed by atoms with Crippen LogP contribution in [0.25, 0.3) is 0 Å². The van der Waals surface area contributed by atoms with Gasteiger partial charge in [0.15, 0.2) is 0 Å². The number of carbonyl (C=O) groups is 2. The average molecular weight is 431 g/mol. The summed E-state index contributed by atoms with van der Waals surface area (Å²) in [4.78, 5) is 25.8. The van der Waals surface area contributed by atoms with E-state index in [0.717, 1.165) is 38.5 Å². The van der Waals surface area contributed by atoms with Gasteiger partial charge in [0.1, 0.15) is 5.60 Å². The molecule has 6 bridgehead atoms. The fraction of sp³-hybridized carbons (Fsp3) is 0.926. The Morgan fingerprint density at radius 2 is 1.71 bits per heavy atom. The minimum atomic E-state index is -0.661. The summed E-state index contributed by atoms with van der Waals surface area (Å²) >= 11 is 0. The second-order valence-electron chi connectivity index (χ2n) is 13.3. The number of hydrogen-bond acceptors (Lipinski definition) is 3. The van der Waals surface area contributed by atoms with E-state index in [2.05, 4.69) is 34.6 Å². The molecule has 0 amide bonds. The number of esters is 1. The quantitative estimate of drug-likeness (QED) is 0.530. The molecule has 31 heavy (non-hydrogen) atoms. The van der Waals surface area contributed by atoms with Crippen LogP contribution in [0.1, 0.15) is 92.4 Å². The van der Waals surface area contributed by atoms with Gasteiger partial charge in [0.2, 0.25) is 0 Å². The molecule has 6 saturated carbocycles. The molecular formula is C27H42O4. The van der Waals surface area contributed by atoms with Crippen LogP contribution in [0.4, 0.5) is 0 Å². The summed E-state index contributed by atoms with van der Waals surface area (Å²) < 4.78 is 6.44. The smallest absolute Gasteiger partial charge is 0.309 e. The molecule has 4 nitrogen and oxygen atoms in total. The van der Waals surface area contributed by atoms with Crippen LogP contribution in [0.3, 0.4) is 0 Å². The van der Waals surface area contributed by atoms with Gasteiger partial charge in [-0.15, -0.1) is 0 Å². The third kappa shape index (κ3) is 3.21. The van der Waals surface area contributed by atoms with Crippen molar-refractivity contribution in [3.63, 3.8) is 0 Å². The number of carboxylic acid groups (broad SMARTS) is 1. The van der Waals surface area contributed by atoms with Gasteiger partial charge in [-0.2, -0.15) is 0 Å². The van der Waals surface area contributed by atoms with Crippen molar-refractivity contribution in [2.45, 2.75) is 98.0 Å². The van der Waals surface area contributed by atoms with E-state index in [9.17, 15) is 14.7 Å². The fourth-order valence-corrected chi connectivity index (χ4v) is 9.82. The Bertz CT molecular complexity index is 753. The minimum absolute atomic E-state index is 0.00777. The number of rotatable bonds is 6. The monoisotopic (exact) mass is 430 g/mol. The molecule has 0 aromatic carbocycles. The first kappa shape index (κ1) is 21.8. The maximum Gasteiger partial charge on any atom is 0.309 e. The van der Waals surface area contributed by atoms with Gasteiger partial charge in [0.25, 0.3) is 0 Å². The van der Waals surface area contributed by atoms with E-state index in [1.807, 2.05) is 0 Å². The van der Waals surface area contributed by atoms with E-state index in [1.165, 1.54) is 12.8 Å². The SMILES string of the molecule is CCC(C)(C)C1C2CC(C(=O)OC34CC5CC(C3)CC(C(=O)O)(C5)C4)C(C2)C1C(C)C. The number of carbonyl (C=O) groups excluding carboxylic acids is 1. The summed E-state index contributed by atoms with van der Waals surface area (Å²) in [5.41, 5.74) is -0.830. The molecule has 7 unspecified atom stereocenters. The highest BCUT2D eigenvalue weighted by molar-refractivity contribution is 5.77. The zero-order chi connectivity index (χ0) is 22.3. The zero-order valence-corrected chi connectivity index (χ0v) is 20.2. The molecule has 174 valence electrons. The molecule has 0 spiro atoms. The summed E-state index contributed by atoms with van der Waals surface area (Å²) in [6.07, 6.45) is 8.38. The molecule has 4 heteroatoms. The maximum atomic E-state index is 13.6. The lowest BCUT2D eigenvalue weighted by Gasteiger charge is -2.59. The predicted molar refractivity (Wildman–Crippen MR) is 119 cm³/mol. The molecule has 0 aliphatic heterocycles. The Labute approximate surface area is 187 Å². The van der Waals surface area contributed by atoms with Crippen LogP contribution >= 0.6 is 0 Å². The predicted octanol–water partition coefficient (Wildman–Crippen LogP) is 5.93. The Kier molecular flexibility index (Phi) is 4.89. The summed E-state index contributed by atoms with van der Waals surface area (Å²) in [7, 11) is 0. The second-order valence-corrected chi connectivity index (χ2v) is 13.3. The zero-order valence-electron chi connectivity index (χ0n) is 20.2. The molecule has 0 aromatic heterocycles. The molecular weight excluding hydrogens is 388 g/mol. The van der Waals surface area contributed by atoms with Gasteiger partial charge in [-0.1, -0.05) is 41.0 Å². The highest BCUT2D eigenvalue weighted by Gasteiger charge is 2.64. The van der Waals surface area contributed by atoms with E-state index in [-0.39, 0.29) is 11.9 Å². The van der Waals surface area contributed by atoms with Crippen LogP contribution in [0.5, 0.6) is 0 Å². The highest BCUT2D eigenvalue weighted by Crippen LogP contribution is 2.65. The van der Waals surface area contributed by atoms with Crippen molar-refractivity contribution < 1.29 is 19.4 Å². The van der Waals surface area contributed by atoms with Crippen molar-refractivity contribution in [1.29, 1.82) is 0 Å². The van der Waals surface area contributed by atoms with Crippen molar-refractivity contribution in [2.24, 2.45) is 58.2 Å². The molecule has 6 aliphatic carbocycles. The van der Waals surface area contributed by atoms with Gasteiger partial charge < -0.3 is 9.84 Å². The van der Waals surface area contributed by atoms with Gasteiger partial charge in [-0.3, -0.25) is 9.59 Å². The van der Waals surface area contributed by atoms with E-state index in [0.29, 0.717) is 53.3 Å². The molecule has 7 atom stereocenters. The fourth-order valence-electron chi connectivity index (χ4n) is 9.82. The summed E-state index contributed by atoms with van der Waals surface area (Å²) in [6.45, 7) is 11.8. The Morgan fingerprint density at radius 1 is 1.06 bits per heavy atom. The van der Waals surface area contributed by atoms with Crippen molar-refractivity contribution in [3.8, 4) is 0 Å². The van der Waals surface area contributed by atoms with Crippen LogP contribution in [-0.4, -0.2) is 22.6 Å². The van der Waals surface area contributed by atoms with Crippen molar-refractivity contribution in [2.75, 3.05) is 0 Å². The summed E-state index contributed by atoms with van der Waals surface area (Å²) in [5.74, 6) is 3.15. The van der Waals surface area contributed by atoms with Crippen LogP contribution in [0.2, 0.25) is 0 Å². The lowest BCUT2D eigenvalue weighted by Crippen LogP contribution is -2.60. The van der Waals surface area contributed by atoms with Gasteiger partial charge in [0.05, 0.1) is 11.3 Å². The third-order valence-electron chi connectivity index (χ3n) is 10.7. The molecule has 0 saturated heterocycles. The number of aliphatic carboxylic acids is 1. The number of fused-ring (bicyclic) bond motifs is 2. The molecule has 0 heterocycles. The van der Waals surface area contributed by atoms with E-state index >= 15 is 0 Å². The van der Waals surface area contributed by atoms with Gasteiger partial charge in [0, 0.05) is 6.42 Å². The third-order valence-corrected chi connectivity index (χ3v) is 10.7. The normalized spacial score (nSPS) is 47.9. The molecule has 6 fully saturated rings. The second kappa shape index (κ2) is 6.97. The number of carboxylic acids is 1. The Hall–Kier alpha value is -1.06. The van der Waals surface area contributed by atoms with Crippen molar-refractivity contribution in [3.05, 3.63) is 0 Å². The van der Waals surface area contributed by atoms with Crippen LogP contribution in [0.15, 0.2) is 0 Å². The van der Waals surface area contributed by atoms with E-state index in [4.69, 9.17) is 4.74 Å². The lowest BCUT2D eigenvalue weighted by atomic mass is 9.48. The van der Waals surface area contributed by atoms with Gasteiger partial charge in [-0.25, -0.2) is 0 Å². The molecule has 6 rings (SSSR count). The first-order valence-electron chi connectivity index (χ1n) is 13.0. The molecule has 1 N–H and O–H groups in total. The molecule has 6 aliphatic rings. The first-order valence-corrected chi connectivity index (χ1v) is 13.0. The number of hydrogen-bond donors (Lipinski definition) is 1. The Balaban J connectivity index is 1.35. The minimum Gasteiger partial charge on any atom is -0.481 e. The summed E-state index contributed by atoms with van der Waals surface area (Å²) in [5, 5.41) is 10.0. The molecule has 0 aromatic rings. The van der Waals surface area contributed by atoms with Gasteiger partial charge >= 0.3 is 11.9 Å². The largest absolute Gasteiger partial charge is 0.481 e. The van der Waals surface area contributed by atoms with Gasteiger partial charge in [-0.05, 0) is 91.8 Å². The van der Waals surface area contributed by atoms with Crippen LogP contribution < -0.4 is 0 Å². The highest BCUT2D eigenvalue weighted by atomic mass is 16.6. The maximum absolute atomic E-state index is 13.6. The van der Waals surface area contributed by atoms with E-state index < -0.39 is 17.0 Å². The number of ether oxygens (including phenoxy) is 1. The van der Waals surface area contributed by atoms with Crippen LogP contribution in [-0.2, 0) is 14.3 Å². The van der Waals surface area contributed by atoms with Crippen molar-refractivity contribution >= 4 is 11.9 Å². The van der Waals surface area contributed by atoms with Crippen molar-refractivity contribution in [1.82, 2.24) is 0 Å². The Morgan fingerprint density at radius 3 is 2.26 bits per heavy atom. The topological polar surface area (TPSA) is 63.6 Å². The lowest BCUT2D eigenvalue weighted by molar-refractivity contribution is -0.214.